The van der Waals surface area contributed by atoms with Gasteiger partial charge < -0.3 is 20.1 Å². The molecule has 0 aliphatic carbocycles. The van der Waals surface area contributed by atoms with Crippen LogP contribution in [0.3, 0.4) is 0 Å². The number of phenolic OH excluding ortho intramolecular Hbond substituents is 1. The maximum atomic E-state index is 9.76. The molecule has 1 unspecified atom stereocenters. The smallest absolute Gasteiger partial charge is 0.120 e. The van der Waals surface area contributed by atoms with Crippen molar-refractivity contribution in [2.24, 2.45) is 5.92 Å². The molecule has 0 bridgehead atoms. The second kappa shape index (κ2) is 6.07. The summed E-state index contributed by atoms with van der Waals surface area (Å²) in [6.45, 7) is 4.04. The third-order valence-electron chi connectivity index (χ3n) is 3.52. The highest BCUT2D eigenvalue weighted by molar-refractivity contribution is 5.39. The zero-order valence-electron chi connectivity index (χ0n) is 11.1. The Kier molecular flexibility index (Phi) is 4.44. The highest BCUT2D eigenvalue weighted by Crippen LogP contribution is 2.22. The first-order chi connectivity index (χ1) is 8.69. The Morgan fingerprint density at radius 1 is 1.50 bits per heavy atom. The molecular weight excluding hydrogens is 228 g/mol. The number of nitrogens with zero attached hydrogens (tertiary/aromatic N) is 1. The van der Waals surface area contributed by atoms with Gasteiger partial charge in [-0.05, 0) is 50.7 Å². The summed E-state index contributed by atoms with van der Waals surface area (Å²) in [7, 11) is 3.80. The number of methoxy groups -OCH3 is 1. The van der Waals surface area contributed by atoms with E-state index in [0.717, 1.165) is 30.3 Å². The number of hydrogen-bond acceptors (Lipinski definition) is 4. The highest BCUT2D eigenvalue weighted by Gasteiger charge is 2.18. The molecule has 1 heterocycles. The van der Waals surface area contributed by atoms with Gasteiger partial charge in [0.1, 0.15) is 11.5 Å². The first kappa shape index (κ1) is 13.2. The first-order valence-corrected chi connectivity index (χ1v) is 6.44. The van der Waals surface area contributed by atoms with Crippen molar-refractivity contribution in [1.29, 1.82) is 0 Å². The third-order valence-corrected chi connectivity index (χ3v) is 3.52. The Labute approximate surface area is 109 Å². The van der Waals surface area contributed by atoms with Crippen molar-refractivity contribution in [2.75, 3.05) is 33.8 Å². The Bertz CT molecular complexity index is 395. The number of phenols is 1. The van der Waals surface area contributed by atoms with Gasteiger partial charge in [-0.15, -0.1) is 0 Å². The average Bonchev–Trinajstić information content (AvgIpc) is 2.77. The Hall–Kier alpha value is -1.26. The number of nitrogens with one attached hydrogen (secondary N) is 1. The lowest BCUT2D eigenvalue weighted by atomic mass is 10.1. The normalized spacial score (nSPS) is 20.2. The molecule has 4 heteroatoms. The molecule has 1 aromatic carbocycles. The fourth-order valence-corrected chi connectivity index (χ4v) is 2.43. The van der Waals surface area contributed by atoms with Crippen LogP contribution >= 0.6 is 0 Å². The van der Waals surface area contributed by atoms with Gasteiger partial charge in [-0.1, -0.05) is 0 Å². The molecule has 0 radical (unpaired) electrons. The summed E-state index contributed by atoms with van der Waals surface area (Å²) >= 11 is 0. The van der Waals surface area contributed by atoms with Crippen LogP contribution in [-0.4, -0.2) is 43.8 Å². The zero-order chi connectivity index (χ0) is 13.0. The molecular formula is C14H22N2O2. The third kappa shape index (κ3) is 3.37. The lowest BCUT2D eigenvalue weighted by Crippen LogP contribution is -2.24. The van der Waals surface area contributed by atoms with Crippen molar-refractivity contribution >= 4 is 0 Å². The Morgan fingerprint density at radius 3 is 3.00 bits per heavy atom. The number of benzene rings is 1. The number of aromatic hydroxyl groups is 1. The summed E-state index contributed by atoms with van der Waals surface area (Å²) in [5.74, 6) is 1.83. The fourth-order valence-electron chi connectivity index (χ4n) is 2.43. The van der Waals surface area contributed by atoms with Crippen LogP contribution in [0.5, 0.6) is 11.5 Å². The van der Waals surface area contributed by atoms with Crippen LogP contribution in [0.25, 0.3) is 0 Å². The van der Waals surface area contributed by atoms with Gasteiger partial charge in [0.2, 0.25) is 0 Å². The van der Waals surface area contributed by atoms with Crippen molar-refractivity contribution in [3.05, 3.63) is 23.8 Å². The van der Waals surface area contributed by atoms with Crippen LogP contribution in [0.4, 0.5) is 0 Å². The molecule has 1 aliphatic heterocycles. The van der Waals surface area contributed by atoms with Gasteiger partial charge in [0.05, 0.1) is 7.11 Å². The Balaban J connectivity index is 1.82. The minimum Gasteiger partial charge on any atom is -0.508 e. The van der Waals surface area contributed by atoms with E-state index in [-0.39, 0.29) is 0 Å². The van der Waals surface area contributed by atoms with E-state index in [1.807, 2.05) is 6.07 Å². The molecule has 0 aromatic heterocycles. The van der Waals surface area contributed by atoms with E-state index in [9.17, 15) is 5.11 Å². The predicted molar refractivity (Wildman–Crippen MR) is 72.0 cm³/mol. The standard InChI is InChI=1S/C14H22N2O2/c1-16-6-5-11(10-16)8-15-9-12-7-13(18-2)3-4-14(12)17/h3-4,7,11,15,17H,5-6,8-10H2,1-2H3. The minimum absolute atomic E-state index is 0.326. The van der Waals surface area contributed by atoms with Crippen LogP contribution in [0.2, 0.25) is 0 Å². The highest BCUT2D eigenvalue weighted by atomic mass is 16.5. The van der Waals surface area contributed by atoms with Gasteiger partial charge in [0, 0.05) is 18.7 Å². The van der Waals surface area contributed by atoms with Gasteiger partial charge in [-0.3, -0.25) is 0 Å². The topological polar surface area (TPSA) is 44.7 Å². The second-order valence-electron chi connectivity index (χ2n) is 5.04. The molecule has 0 spiro atoms. The number of hydrogen-bond donors (Lipinski definition) is 2. The maximum Gasteiger partial charge on any atom is 0.120 e. The van der Waals surface area contributed by atoms with E-state index < -0.39 is 0 Å². The maximum absolute atomic E-state index is 9.76. The van der Waals surface area contributed by atoms with Crippen LogP contribution in [0.15, 0.2) is 18.2 Å². The van der Waals surface area contributed by atoms with E-state index in [4.69, 9.17) is 4.74 Å². The average molecular weight is 250 g/mol. The minimum atomic E-state index is 0.326. The molecule has 1 saturated heterocycles. The number of rotatable bonds is 5. The van der Waals surface area contributed by atoms with Gasteiger partial charge in [-0.25, -0.2) is 0 Å². The molecule has 1 fully saturated rings. The van der Waals surface area contributed by atoms with Crippen molar-refractivity contribution in [3.8, 4) is 11.5 Å². The van der Waals surface area contributed by atoms with Gasteiger partial charge in [0.15, 0.2) is 0 Å². The van der Waals surface area contributed by atoms with Crippen molar-refractivity contribution in [3.63, 3.8) is 0 Å². The first-order valence-electron chi connectivity index (χ1n) is 6.44. The molecule has 2 N–H and O–H groups in total. The molecule has 1 aliphatic rings. The zero-order valence-corrected chi connectivity index (χ0v) is 11.1. The van der Waals surface area contributed by atoms with E-state index in [1.165, 1.54) is 13.0 Å². The summed E-state index contributed by atoms with van der Waals surface area (Å²) in [6, 6.07) is 5.33. The van der Waals surface area contributed by atoms with E-state index >= 15 is 0 Å². The molecule has 2 rings (SSSR count). The Morgan fingerprint density at radius 2 is 2.33 bits per heavy atom. The summed E-state index contributed by atoms with van der Waals surface area (Å²) < 4.78 is 5.16. The second-order valence-corrected chi connectivity index (χ2v) is 5.04. The summed E-state index contributed by atoms with van der Waals surface area (Å²) in [5.41, 5.74) is 0.890. The number of ether oxygens (including phenoxy) is 1. The van der Waals surface area contributed by atoms with Crippen LogP contribution in [0, 0.1) is 5.92 Å². The number of likely N-dealkylation sites (tertiary alicyclic amines) is 1. The van der Waals surface area contributed by atoms with Gasteiger partial charge in [0.25, 0.3) is 0 Å². The molecule has 0 amide bonds. The van der Waals surface area contributed by atoms with E-state index in [0.29, 0.717) is 12.3 Å². The van der Waals surface area contributed by atoms with E-state index in [2.05, 4.69) is 17.3 Å². The van der Waals surface area contributed by atoms with E-state index in [1.54, 1.807) is 19.2 Å². The largest absolute Gasteiger partial charge is 0.508 e. The van der Waals surface area contributed by atoms with Crippen molar-refractivity contribution < 1.29 is 9.84 Å². The van der Waals surface area contributed by atoms with Crippen molar-refractivity contribution in [1.82, 2.24) is 10.2 Å². The summed E-state index contributed by atoms with van der Waals surface area (Å²) in [5, 5.41) is 13.2. The summed E-state index contributed by atoms with van der Waals surface area (Å²) in [4.78, 5) is 2.36. The van der Waals surface area contributed by atoms with Crippen LogP contribution in [0.1, 0.15) is 12.0 Å². The monoisotopic (exact) mass is 250 g/mol. The molecule has 100 valence electrons. The lowest BCUT2D eigenvalue weighted by Gasteiger charge is -2.13. The predicted octanol–water partition coefficient (Wildman–Crippen LogP) is 1.44. The molecule has 18 heavy (non-hydrogen) atoms. The summed E-state index contributed by atoms with van der Waals surface area (Å²) in [6.07, 6.45) is 1.26. The SMILES string of the molecule is COc1ccc(O)c(CNCC2CCN(C)C2)c1. The lowest BCUT2D eigenvalue weighted by molar-refractivity contribution is 0.386. The van der Waals surface area contributed by atoms with Gasteiger partial charge >= 0.3 is 0 Å². The van der Waals surface area contributed by atoms with Crippen LogP contribution < -0.4 is 10.1 Å². The van der Waals surface area contributed by atoms with Gasteiger partial charge in [-0.2, -0.15) is 0 Å². The van der Waals surface area contributed by atoms with Crippen LogP contribution in [-0.2, 0) is 6.54 Å². The molecule has 1 aromatic rings. The molecule has 4 nitrogen and oxygen atoms in total. The molecule has 0 saturated carbocycles. The quantitative estimate of drug-likeness (QED) is 0.830. The molecule has 1 atom stereocenters. The van der Waals surface area contributed by atoms with Crippen molar-refractivity contribution in [2.45, 2.75) is 13.0 Å². The fraction of sp³-hybridized carbons (Fsp3) is 0.571.